The minimum Gasteiger partial charge on any atom is -0.351 e. The summed E-state index contributed by atoms with van der Waals surface area (Å²) in [6.07, 6.45) is 0.901. The van der Waals surface area contributed by atoms with Crippen molar-refractivity contribution in [2.24, 2.45) is 0 Å². The molecule has 2 rings (SSSR count). The van der Waals surface area contributed by atoms with Gasteiger partial charge in [0, 0.05) is 12.2 Å². The van der Waals surface area contributed by atoms with Gasteiger partial charge >= 0.3 is 0 Å². The summed E-state index contributed by atoms with van der Waals surface area (Å²) in [7, 11) is 4.02. The molecule has 1 aromatic heterocycles. The second kappa shape index (κ2) is 8.40. The molecule has 24 heavy (non-hydrogen) atoms. The van der Waals surface area contributed by atoms with E-state index in [1.54, 1.807) is 12.1 Å². The molecule has 1 aromatic carbocycles. The second-order valence-electron chi connectivity index (χ2n) is 6.09. The first-order chi connectivity index (χ1) is 11.5. The lowest BCUT2D eigenvalue weighted by Crippen LogP contribution is -2.28. The minimum atomic E-state index is -0.195. The van der Waals surface area contributed by atoms with Gasteiger partial charge in [0.1, 0.15) is 0 Å². The van der Waals surface area contributed by atoms with Crippen LogP contribution in [0.25, 0.3) is 0 Å². The van der Waals surface area contributed by atoms with Crippen molar-refractivity contribution in [2.75, 3.05) is 32.5 Å². The Morgan fingerprint density at radius 1 is 1.12 bits per heavy atom. The third-order valence-corrected chi connectivity index (χ3v) is 3.83. The van der Waals surface area contributed by atoms with E-state index in [1.165, 1.54) is 11.1 Å². The Kier molecular flexibility index (Phi) is 6.26. The van der Waals surface area contributed by atoms with Crippen molar-refractivity contribution >= 4 is 17.4 Å². The summed E-state index contributed by atoms with van der Waals surface area (Å²) in [5, 5.41) is 14.2. The number of hydrogen-bond donors (Lipinski definition) is 2. The van der Waals surface area contributed by atoms with Crippen LogP contribution in [0, 0.1) is 13.8 Å². The predicted molar refractivity (Wildman–Crippen MR) is 96.7 cm³/mol. The number of hydrogen-bond acceptors (Lipinski definition) is 5. The highest BCUT2D eigenvalue weighted by atomic mass is 16.1. The molecule has 0 aliphatic carbocycles. The molecular weight excluding hydrogens is 302 g/mol. The normalized spacial score (nSPS) is 10.7. The Bertz CT molecular complexity index is 682. The van der Waals surface area contributed by atoms with Crippen LogP contribution < -0.4 is 10.6 Å². The summed E-state index contributed by atoms with van der Waals surface area (Å²) in [6, 6.07) is 9.50. The van der Waals surface area contributed by atoms with Crippen molar-refractivity contribution in [3.8, 4) is 0 Å². The molecule has 6 nitrogen and oxygen atoms in total. The summed E-state index contributed by atoms with van der Waals surface area (Å²) in [5.74, 6) is 0.424. The van der Waals surface area contributed by atoms with E-state index in [1.807, 2.05) is 26.2 Å². The van der Waals surface area contributed by atoms with Gasteiger partial charge in [-0.25, -0.2) is 0 Å². The van der Waals surface area contributed by atoms with E-state index < -0.39 is 0 Å². The smallest absolute Gasteiger partial charge is 0.271 e. The molecule has 0 aliphatic heterocycles. The largest absolute Gasteiger partial charge is 0.351 e. The van der Waals surface area contributed by atoms with Crippen LogP contribution in [0.4, 0.5) is 11.5 Å². The van der Waals surface area contributed by atoms with Crippen LogP contribution in [-0.4, -0.2) is 48.2 Å². The van der Waals surface area contributed by atoms with Crippen LogP contribution >= 0.6 is 0 Å². The molecule has 0 fully saturated rings. The fraction of sp³-hybridized carbons (Fsp3) is 0.389. The van der Waals surface area contributed by atoms with Gasteiger partial charge < -0.3 is 15.5 Å². The summed E-state index contributed by atoms with van der Waals surface area (Å²) in [4.78, 5) is 14.1. The van der Waals surface area contributed by atoms with Gasteiger partial charge in [-0.05, 0) is 70.2 Å². The van der Waals surface area contributed by atoms with Gasteiger partial charge in [-0.3, -0.25) is 4.79 Å². The van der Waals surface area contributed by atoms with Gasteiger partial charge in [-0.1, -0.05) is 12.1 Å². The molecule has 0 spiro atoms. The number of nitrogens with zero attached hydrogens (tertiary/aromatic N) is 3. The Balaban J connectivity index is 1.93. The van der Waals surface area contributed by atoms with E-state index in [0.29, 0.717) is 18.1 Å². The van der Waals surface area contributed by atoms with Crippen LogP contribution in [0.1, 0.15) is 28.0 Å². The Hall–Kier alpha value is -2.47. The fourth-order valence-corrected chi connectivity index (χ4v) is 2.23. The van der Waals surface area contributed by atoms with Gasteiger partial charge in [0.25, 0.3) is 5.91 Å². The van der Waals surface area contributed by atoms with Crippen molar-refractivity contribution in [3.63, 3.8) is 0 Å². The SMILES string of the molecule is Cc1cccc(Nc2ccc(C(=O)NCCCN(C)C)nn2)c1C. The predicted octanol–water partition coefficient (Wildman–Crippen LogP) is 2.52. The summed E-state index contributed by atoms with van der Waals surface area (Å²) in [6.45, 7) is 5.68. The molecule has 0 saturated carbocycles. The number of carbonyl (C=O) groups excluding carboxylic acids is 1. The highest BCUT2D eigenvalue weighted by Crippen LogP contribution is 2.21. The number of nitrogens with one attached hydrogen (secondary N) is 2. The molecule has 0 atom stereocenters. The van der Waals surface area contributed by atoms with Crippen molar-refractivity contribution in [3.05, 3.63) is 47.2 Å². The topological polar surface area (TPSA) is 70.2 Å². The maximum Gasteiger partial charge on any atom is 0.271 e. The van der Waals surface area contributed by atoms with Gasteiger partial charge in [0.05, 0.1) is 0 Å². The third kappa shape index (κ3) is 5.03. The van der Waals surface area contributed by atoms with E-state index in [-0.39, 0.29) is 5.91 Å². The molecule has 0 saturated heterocycles. The maximum absolute atomic E-state index is 12.0. The van der Waals surface area contributed by atoms with Gasteiger partial charge in [0.15, 0.2) is 11.5 Å². The highest BCUT2D eigenvalue weighted by Gasteiger charge is 2.08. The molecule has 0 unspecified atom stereocenters. The zero-order valence-corrected chi connectivity index (χ0v) is 14.8. The Morgan fingerprint density at radius 2 is 1.92 bits per heavy atom. The first-order valence-electron chi connectivity index (χ1n) is 8.07. The molecule has 6 heteroatoms. The van der Waals surface area contributed by atoms with Crippen molar-refractivity contribution in [2.45, 2.75) is 20.3 Å². The van der Waals surface area contributed by atoms with Gasteiger partial charge in [-0.15, -0.1) is 10.2 Å². The minimum absolute atomic E-state index is 0.195. The number of aromatic nitrogens is 2. The Labute approximate surface area is 143 Å². The van der Waals surface area contributed by atoms with Crippen LogP contribution in [0.3, 0.4) is 0 Å². The van der Waals surface area contributed by atoms with E-state index in [0.717, 1.165) is 18.7 Å². The van der Waals surface area contributed by atoms with Crippen molar-refractivity contribution in [1.82, 2.24) is 20.4 Å². The molecule has 2 aromatic rings. The van der Waals surface area contributed by atoms with E-state index in [2.05, 4.69) is 45.6 Å². The van der Waals surface area contributed by atoms with Crippen LogP contribution in [0.2, 0.25) is 0 Å². The molecule has 1 heterocycles. The summed E-state index contributed by atoms with van der Waals surface area (Å²) in [5.41, 5.74) is 3.69. The quantitative estimate of drug-likeness (QED) is 0.765. The van der Waals surface area contributed by atoms with E-state index in [4.69, 9.17) is 0 Å². The average molecular weight is 327 g/mol. The average Bonchev–Trinajstić information content (AvgIpc) is 2.56. The van der Waals surface area contributed by atoms with Gasteiger partial charge in [0.2, 0.25) is 0 Å². The molecule has 2 N–H and O–H groups in total. The summed E-state index contributed by atoms with van der Waals surface area (Å²) >= 11 is 0. The molecule has 128 valence electrons. The first-order valence-corrected chi connectivity index (χ1v) is 8.07. The van der Waals surface area contributed by atoms with E-state index in [9.17, 15) is 4.79 Å². The van der Waals surface area contributed by atoms with Gasteiger partial charge in [-0.2, -0.15) is 0 Å². The van der Waals surface area contributed by atoms with Crippen LogP contribution in [0.15, 0.2) is 30.3 Å². The number of rotatable bonds is 7. The molecule has 0 bridgehead atoms. The van der Waals surface area contributed by atoms with Crippen molar-refractivity contribution in [1.29, 1.82) is 0 Å². The zero-order valence-electron chi connectivity index (χ0n) is 14.8. The molecule has 0 aliphatic rings. The lowest BCUT2D eigenvalue weighted by atomic mass is 10.1. The fourth-order valence-electron chi connectivity index (χ4n) is 2.23. The Morgan fingerprint density at radius 3 is 2.58 bits per heavy atom. The monoisotopic (exact) mass is 327 g/mol. The molecular formula is C18H25N5O. The standard InChI is InChI=1S/C18H25N5O/c1-13-7-5-8-15(14(13)2)20-17-10-9-16(21-22-17)18(24)19-11-6-12-23(3)4/h5,7-10H,6,11-12H2,1-4H3,(H,19,24)(H,20,22). The lowest BCUT2D eigenvalue weighted by Gasteiger charge is -2.11. The molecule has 0 radical (unpaired) electrons. The van der Waals surface area contributed by atoms with Crippen LogP contribution in [0.5, 0.6) is 0 Å². The number of carbonyl (C=O) groups is 1. The third-order valence-electron chi connectivity index (χ3n) is 3.83. The zero-order chi connectivity index (χ0) is 17.5. The number of amides is 1. The summed E-state index contributed by atoms with van der Waals surface area (Å²) < 4.78 is 0. The van der Waals surface area contributed by atoms with Crippen LogP contribution in [-0.2, 0) is 0 Å². The lowest BCUT2D eigenvalue weighted by molar-refractivity contribution is 0.0946. The number of anilines is 2. The highest BCUT2D eigenvalue weighted by molar-refractivity contribution is 5.92. The first kappa shape index (κ1) is 17.9. The van der Waals surface area contributed by atoms with Crippen molar-refractivity contribution < 1.29 is 4.79 Å². The number of benzene rings is 1. The maximum atomic E-state index is 12.0. The van der Waals surface area contributed by atoms with E-state index >= 15 is 0 Å². The second-order valence-corrected chi connectivity index (χ2v) is 6.09. The number of aryl methyl sites for hydroxylation is 1. The molecule has 1 amide bonds.